The lowest BCUT2D eigenvalue weighted by Crippen LogP contribution is -2.36. The maximum absolute atomic E-state index is 12.0. The predicted molar refractivity (Wildman–Crippen MR) is 87.4 cm³/mol. The number of aryl methyl sites for hydroxylation is 1. The van der Waals surface area contributed by atoms with Crippen LogP contribution in [0.3, 0.4) is 0 Å². The number of aromatic nitrogens is 2. The normalized spacial score (nSPS) is 22.5. The van der Waals surface area contributed by atoms with Gasteiger partial charge in [0.05, 0.1) is 23.0 Å². The molecule has 23 heavy (non-hydrogen) atoms. The molecule has 1 saturated heterocycles. The Balaban J connectivity index is 1.57. The highest BCUT2D eigenvalue weighted by Crippen LogP contribution is 2.19. The molecule has 1 atom stereocenters. The fraction of sp³-hybridized carbons (Fsp3) is 0.643. The first-order valence-electron chi connectivity index (χ1n) is 7.67. The minimum Gasteiger partial charge on any atom is -0.352 e. The third kappa shape index (κ3) is 4.14. The number of fused-ring (bicyclic) bond motifs is 1. The first-order valence-corrected chi connectivity index (χ1v) is 10.5. The van der Waals surface area contributed by atoms with Gasteiger partial charge in [0.1, 0.15) is 0 Å². The van der Waals surface area contributed by atoms with E-state index >= 15 is 0 Å². The highest BCUT2D eigenvalue weighted by molar-refractivity contribution is 7.99. The summed E-state index contributed by atoms with van der Waals surface area (Å²) < 4.78 is 22.7. The zero-order chi connectivity index (χ0) is 16.4. The Labute approximate surface area is 138 Å². The molecule has 1 aromatic heterocycles. The minimum absolute atomic E-state index is 0.0112. The Bertz CT molecular complexity index is 773. The number of hydrogen-bond acceptors (Lipinski definition) is 6. The lowest BCUT2D eigenvalue weighted by molar-refractivity contribution is -0.119. The summed E-state index contributed by atoms with van der Waals surface area (Å²) in [7, 11) is -3.01. The van der Waals surface area contributed by atoms with Crippen molar-refractivity contribution >= 4 is 27.5 Å². The zero-order valence-corrected chi connectivity index (χ0v) is 14.3. The molecule has 7 nitrogen and oxygen atoms in total. The minimum atomic E-state index is -3.01. The largest absolute Gasteiger partial charge is 0.352 e. The Morgan fingerprint density at radius 2 is 2.13 bits per heavy atom. The van der Waals surface area contributed by atoms with Gasteiger partial charge in [0.15, 0.2) is 15.0 Å². The Kier molecular flexibility index (Phi) is 4.77. The summed E-state index contributed by atoms with van der Waals surface area (Å²) in [4.78, 5) is 31.1. The van der Waals surface area contributed by atoms with Crippen LogP contribution in [0, 0.1) is 0 Å². The first kappa shape index (κ1) is 16.5. The second-order valence-corrected chi connectivity index (χ2v) is 9.15. The molecule has 9 heteroatoms. The van der Waals surface area contributed by atoms with Crippen molar-refractivity contribution in [1.82, 2.24) is 15.3 Å². The molecule has 0 aromatic carbocycles. The lowest BCUT2D eigenvalue weighted by atomic mass is 9.97. The van der Waals surface area contributed by atoms with Crippen molar-refractivity contribution in [3.63, 3.8) is 0 Å². The number of carbonyl (C=O) groups is 1. The van der Waals surface area contributed by atoms with Crippen LogP contribution in [-0.2, 0) is 27.5 Å². The van der Waals surface area contributed by atoms with Gasteiger partial charge < -0.3 is 10.3 Å². The number of aromatic amines is 1. The molecule has 3 rings (SSSR count). The van der Waals surface area contributed by atoms with E-state index in [4.69, 9.17) is 0 Å². The number of H-pyrrole nitrogens is 1. The van der Waals surface area contributed by atoms with Crippen molar-refractivity contribution in [3.8, 4) is 0 Å². The first-order chi connectivity index (χ1) is 10.9. The van der Waals surface area contributed by atoms with Gasteiger partial charge in [0, 0.05) is 11.6 Å². The van der Waals surface area contributed by atoms with Crippen molar-refractivity contribution < 1.29 is 13.2 Å². The second kappa shape index (κ2) is 6.64. The van der Waals surface area contributed by atoms with Gasteiger partial charge >= 0.3 is 0 Å². The second-order valence-electron chi connectivity index (χ2n) is 5.96. The maximum atomic E-state index is 12.0. The SMILES string of the molecule is O=C(CSc1nc2c(c(=O)[nH]1)CCCC2)NC1CCS(=O)(=O)C1. The molecule has 1 amide bonds. The summed E-state index contributed by atoms with van der Waals surface area (Å²) >= 11 is 1.17. The molecule has 0 bridgehead atoms. The number of amides is 1. The van der Waals surface area contributed by atoms with E-state index in [2.05, 4.69) is 15.3 Å². The molecular weight excluding hydrogens is 338 g/mol. The number of sulfone groups is 1. The molecule has 2 N–H and O–H groups in total. The third-order valence-corrected chi connectivity index (χ3v) is 6.75. The van der Waals surface area contributed by atoms with Gasteiger partial charge in [-0.2, -0.15) is 0 Å². The fourth-order valence-corrected chi connectivity index (χ4v) is 5.33. The van der Waals surface area contributed by atoms with E-state index in [-0.39, 0.29) is 34.8 Å². The molecule has 0 saturated carbocycles. The molecule has 1 aliphatic carbocycles. The standard InChI is InChI=1S/C14H19N3O4S2/c18-12(15-9-5-6-23(20,21)8-9)7-22-14-16-11-4-2-1-3-10(11)13(19)17-14/h9H,1-8H2,(H,15,18)(H,16,17,19). The van der Waals surface area contributed by atoms with E-state index in [1.165, 1.54) is 11.8 Å². The van der Waals surface area contributed by atoms with Gasteiger partial charge in [-0.3, -0.25) is 9.59 Å². The highest BCUT2D eigenvalue weighted by atomic mass is 32.2. The molecule has 1 fully saturated rings. The number of rotatable bonds is 4. The molecule has 126 valence electrons. The topological polar surface area (TPSA) is 109 Å². The van der Waals surface area contributed by atoms with Crippen LogP contribution >= 0.6 is 11.8 Å². The number of carbonyl (C=O) groups excluding carboxylic acids is 1. The summed E-state index contributed by atoms with van der Waals surface area (Å²) in [5.41, 5.74) is 1.49. The summed E-state index contributed by atoms with van der Waals surface area (Å²) in [6, 6.07) is -0.302. The zero-order valence-electron chi connectivity index (χ0n) is 12.6. The molecule has 1 aliphatic heterocycles. The molecule has 0 radical (unpaired) electrons. The van der Waals surface area contributed by atoms with Crippen molar-refractivity contribution in [3.05, 3.63) is 21.6 Å². The summed E-state index contributed by atoms with van der Waals surface area (Å²) in [6.45, 7) is 0. The van der Waals surface area contributed by atoms with E-state index in [1.807, 2.05) is 0 Å². The van der Waals surface area contributed by atoms with Crippen LogP contribution in [0.25, 0.3) is 0 Å². The van der Waals surface area contributed by atoms with Gasteiger partial charge in [-0.25, -0.2) is 13.4 Å². The molecule has 2 heterocycles. The van der Waals surface area contributed by atoms with Crippen LogP contribution < -0.4 is 10.9 Å². The number of thioether (sulfide) groups is 1. The van der Waals surface area contributed by atoms with E-state index < -0.39 is 9.84 Å². The quantitative estimate of drug-likeness (QED) is 0.582. The lowest BCUT2D eigenvalue weighted by Gasteiger charge is -2.14. The Morgan fingerprint density at radius 3 is 2.87 bits per heavy atom. The van der Waals surface area contributed by atoms with Gasteiger partial charge in [0.2, 0.25) is 5.91 Å². The molecular formula is C14H19N3O4S2. The van der Waals surface area contributed by atoms with E-state index in [0.717, 1.165) is 36.9 Å². The Morgan fingerprint density at radius 1 is 1.35 bits per heavy atom. The average molecular weight is 357 g/mol. The van der Waals surface area contributed by atoms with Crippen molar-refractivity contribution in [2.45, 2.75) is 43.3 Å². The van der Waals surface area contributed by atoms with Crippen molar-refractivity contribution in [2.75, 3.05) is 17.3 Å². The Hall–Kier alpha value is -1.35. The van der Waals surface area contributed by atoms with Crippen LogP contribution in [0.1, 0.15) is 30.5 Å². The summed E-state index contributed by atoms with van der Waals surface area (Å²) in [5, 5.41) is 3.17. The number of hydrogen-bond donors (Lipinski definition) is 2. The highest BCUT2D eigenvalue weighted by Gasteiger charge is 2.28. The van der Waals surface area contributed by atoms with Gasteiger partial charge in [-0.15, -0.1) is 0 Å². The number of nitrogens with one attached hydrogen (secondary N) is 2. The third-order valence-electron chi connectivity index (χ3n) is 4.11. The number of nitrogens with zero attached hydrogens (tertiary/aromatic N) is 1. The average Bonchev–Trinajstić information content (AvgIpc) is 2.84. The fourth-order valence-electron chi connectivity index (χ4n) is 2.96. The van der Waals surface area contributed by atoms with Crippen molar-refractivity contribution in [2.24, 2.45) is 0 Å². The predicted octanol–water partition coefficient (Wildman–Crippen LogP) is 0.0441. The molecule has 1 aromatic rings. The van der Waals surface area contributed by atoms with Gasteiger partial charge in [0.25, 0.3) is 5.56 Å². The molecule has 2 aliphatic rings. The summed E-state index contributed by atoms with van der Waals surface area (Å²) in [6.07, 6.45) is 4.08. The van der Waals surface area contributed by atoms with Gasteiger partial charge in [-0.05, 0) is 32.1 Å². The van der Waals surface area contributed by atoms with Crippen LogP contribution in [-0.4, -0.2) is 47.6 Å². The van der Waals surface area contributed by atoms with Gasteiger partial charge in [-0.1, -0.05) is 11.8 Å². The smallest absolute Gasteiger partial charge is 0.254 e. The maximum Gasteiger partial charge on any atom is 0.254 e. The van der Waals surface area contributed by atoms with Crippen LogP contribution in [0.5, 0.6) is 0 Å². The monoisotopic (exact) mass is 357 g/mol. The molecule has 1 unspecified atom stereocenters. The van der Waals surface area contributed by atoms with E-state index in [1.54, 1.807) is 0 Å². The van der Waals surface area contributed by atoms with Crippen molar-refractivity contribution in [1.29, 1.82) is 0 Å². The molecule has 0 spiro atoms. The van der Waals surface area contributed by atoms with Crippen LogP contribution in [0.2, 0.25) is 0 Å². The van der Waals surface area contributed by atoms with E-state index in [0.29, 0.717) is 11.6 Å². The summed E-state index contributed by atoms with van der Waals surface area (Å²) in [5.74, 6) is 0.0119. The van der Waals surface area contributed by atoms with Crippen LogP contribution in [0.15, 0.2) is 9.95 Å². The van der Waals surface area contributed by atoms with Crippen LogP contribution in [0.4, 0.5) is 0 Å². The van der Waals surface area contributed by atoms with E-state index in [9.17, 15) is 18.0 Å².